The van der Waals surface area contributed by atoms with Gasteiger partial charge in [0.2, 0.25) is 0 Å². The number of hydrogen-bond acceptors (Lipinski definition) is 2. The number of rotatable bonds is 3. The van der Waals surface area contributed by atoms with Gasteiger partial charge in [0.15, 0.2) is 0 Å². The summed E-state index contributed by atoms with van der Waals surface area (Å²) in [4.78, 5) is 9.82. The average molecular weight is 120 g/mol. The standard InChI is InChI=1S/C4H9NO3/c5-3(2-6)1-4(7)8/h3,6H,1-2,5H2,(H,7,8)/p+1. The molecule has 0 radical (unpaired) electrons. The SMILES string of the molecule is [NH3+]C(CO)CC(=O)O. The van der Waals surface area contributed by atoms with Crippen molar-refractivity contribution < 1.29 is 20.7 Å². The van der Waals surface area contributed by atoms with E-state index in [1.165, 1.54) is 0 Å². The summed E-state index contributed by atoms with van der Waals surface area (Å²) in [5, 5.41) is 16.3. The minimum absolute atomic E-state index is 0.0590. The largest absolute Gasteiger partial charge is 0.481 e. The molecule has 4 nitrogen and oxygen atoms in total. The van der Waals surface area contributed by atoms with Crippen molar-refractivity contribution in [3.05, 3.63) is 0 Å². The van der Waals surface area contributed by atoms with Crippen molar-refractivity contribution in [3.8, 4) is 0 Å². The third-order valence-corrected chi connectivity index (χ3v) is 0.721. The van der Waals surface area contributed by atoms with Crippen molar-refractivity contribution in [2.45, 2.75) is 12.5 Å². The summed E-state index contributed by atoms with van der Waals surface area (Å²) < 4.78 is 0. The number of carboxylic acids is 1. The zero-order chi connectivity index (χ0) is 6.57. The van der Waals surface area contributed by atoms with Crippen LogP contribution >= 0.6 is 0 Å². The molecule has 8 heavy (non-hydrogen) atoms. The topological polar surface area (TPSA) is 85.2 Å². The molecule has 4 heteroatoms. The van der Waals surface area contributed by atoms with Crippen LogP contribution in [0, 0.1) is 0 Å². The van der Waals surface area contributed by atoms with Gasteiger partial charge in [-0.15, -0.1) is 0 Å². The molecule has 0 heterocycles. The Morgan fingerprint density at radius 3 is 2.38 bits per heavy atom. The molecular formula is C4H10NO3+. The smallest absolute Gasteiger partial charge is 0.309 e. The maximum absolute atomic E-state index is 9.82. The quantitative estimate of drug-likeness (QED) is 0.405. The molecule has 0 aromatic carbocycles. The number of aliphatic hydroxyl groups is 1. The molecule has 1 atom stereocenters. The summed E-state index contributed by atoms with van der Waals surface area (Å²) in [5.74, 6) is -0.918. The fourth-order valence-electron chi connectivity index (χ4n) is 0.312. The van der Waals surface area contributed by atoms with Gasteiger partial charge < -0.3 is 15.9 Å². The van der Waals surface area contributed by atoms with Gasteiger partial charge in [0.05, 0.1) is 13.0 Å². The third kappa shape index (κ3) is 3.58. The summed E-state index contributed by atoms with van der Waals surface area (Å²) in [6, 6.07) is -0.368. The molecule has 0 aromatic heterocycles. The fraction of sp³-hybridized carbons (Fsp3) is 0.750. The molecule has 0 saturated heterocycles. The third-order valence-electron chi connectivity index (χ3n) is 0.721. The Morgan fingerprint density at radius 1 is 1.75 bits per heavy atom. The van der Waals surface area contributed by atoms with Crippen molar-refractivity contribution in [2.75, 3.05) is 6.61 Å². The van der Waals surface area contributed by atoms with E-state index in [1.807, 2.05) is 0 Å². The Balaban J connectivity index is 3.24. The molecule has 5 N–H and O–H groups in total. The molecule has 0 aliphatic heterocycles. The highest BCUT2D eigenvalue weighted by Crippen LogP contribution is 1.81. The molecule has 0 spiro atoms. The van der Waals surface area contributed by atoms with E-state index < -0.39 is 5.97 Å². The van der Waals surface area contributed by atoms with Gasteiger partial charge in [0, 0.05) is 0 Å². The molecule has 48 valence electrons. The maximum atomic E-state index is 9.82. The van der Waals surface area contributed by atoms with Gasteiger partial charge in [0.25, 0.3) is 0 Å². The number of carbonyl (C=O) groups is 1. The van der Waals surface area contributed by atoms with Gasteiger partial charge in [-0.1, -0.05) is 0 Å². The van der Waals surface area contributed by atoms with Gasteiger partial charge in [-0.2, -0.15) is 0 Å². The van der Waals surface area contributed by atoms with Crippen molar-refractivity contribution in [1.82, 2.24) is 0 Å². The number of carboxylic acid groups (broad SMARTS) is 1. The summed E-state index contributed by atoms with van der Waals surface area (Å²) in [6.07, 6.45) is -0.0590. The lowest BCUT2D eigenvalue weighted by Gasteiger charge is -1.97. The first-order valence-corrected chi connectivity index (χ1v) is 2.32. The molecule has 0 bridgehead atoms. The van der Waals surface area contributed by atoms with Crippen molar-refractivity contribution in [2.24, 2.45) is 0 Å². The highest BCUT2D eigenvalue weighted by Gasteiger charge is 2.07. The van der Waals surface area contributed by atoms with Crippen LogP contribution in [-0.2, 0) is 4.79 Å². The van der Waals surface area contributed by atoms with E-state index in [-0.39, 0.29) is 19.1 Å². The van der Waals surface area contributed by atoms with Crippen molar-refractivity contribution in [3.63, 3.8) is 0 Å². The van der Waals surface area contributed by atoms with Crippen LogP contribution in [-0.4, -0.2) is 28.8 Å². The second kappa shape index (κ2) is 3.40. The molecular weight excluding hydrogens is 110 g/mol. The molecule has 0 amide bonds. The number of quaternary nitrogens is 1. The van der Waals surface area contributed by atoms with Crippen LogP contribution in [0.5, 0.6) is 0 Å². The van der Waals surface area contributed by atoms with Crippen LogP contribution in [0.25, 0.3) is 0 Å². The summed E-state index contributed by atoms with van der Waals surface area (Å²) in [7, 11) is 0. The van der Waals surface area contributed by atoms with Gasteiger partial charge in [0.1, 0.15) is 6.04 Å². The molecule has 0 aliphatic carbocycles. The number of aliphatic hydroxyl groups excluding tert-OH is 1. The Bertz CT molecular complexity index is 83.4. The zero-order valence-corrected chi connectivity index (χ0v) is 4.50. The zero-order valence-electron chi connectivity index (χ0n) is 4.50. The van der Waals surface area contributed by atoms with E-state index in [1.54, 1.807) is 0 Å². The summed E-state index contributed by atoms with van der Waals surface area (Å²) in [5.41, 5.74) is 3.37. The van der Waals surface area contributed by atoms with E-state index in [4.69, 9.17) is 10.2 Å². The van der Waals surface area contributed by atoms with Crippen LogP contribution < -0.4 is 5.73 Å². The normalized spacial score (nSPS) is 13.2. The second-order valence-electron chi connectivity index (χ2n) is 1.65. The van der Waals surface area contributed by atoms with Gasteiger partial charge in [-0.05, 0) is 0 Å². The molecule has 1 unspecified atom stereocenters. The summed E-state index contributed by atoms with van der Waals surface area (Å²) >= 11 is 0. The molecule has 0 rings (SSSR count). The van der Waals surface area contributed by atoms with E-state index in [2.05, 4.69) is 5.73 Å². The van der Waals surface area contributed by atoms with Crippen LogP contribution in [0.15, 0.2) is 0 Å². The lowest BCUT2D eigenvalue weighted by molar-refractivity contribution is -0.424. The van der Waals surface area contributed by atoms with E-state index in [0.717, 1.165) is 0 Å². The summed E-state index contributed by atoms with van der Waals surface area (Å²) in [6.45, 7) is -0.160. The van der Waals surface area contributed by atoms with Gasteiger partial charge in [-0.3, -0.25) is 4.79 Å². The van der Waals surface area contributed by atoms with Gasteiger partial charge in [-0.25, -0.2) is 0 Å². The predicted octanol–water partition coefficient (Wildman–Crippen LogP) is -1.94. The van der Waals surface area contributed by atoms with E-state index >= 15 is 0 Å². The van der Waals surface area contributed by atoms with E-state index in [9.17, 15) is 4.79 Å². The van der Waals surface area contributed by atoms with Crippen LogP contribution in [0.1, 0.15) is 6.42 Å². The lowest BCUT2D eigenvalue weighted by atomic mass is 10.2. The number of aliphatic carboxylic acids is 1. The molecule has 0 saturated carbocycles. The predicted molar refractivity (Wildman–Crippen MR) is 26.0 cm³/mol. The highest BCUT2D eigenvalue weighted by atomic mass is 16.4. The van der Waals surface area contributed by atoms with Crippen molar-refractivity contribution in [1.29, 1.82) is 0 Å². The van der Waals surface area contributed by atoms with Crippen LogP contribution in [0.2, 0.25) is 0 Å². The highest BCUT2D eigenvalue weighted by molar-refractivity contribution is 5.67. The Labute approximate surface area is 46.9 Å². The fourth-order valence-corrected chi connectivity index (χ4v) is 0.312. The number of hydrogen-bond donors (Lipinski definition) is 3. The molecule has 0 fully saturated rings. The minimum Gasteiger partial charge on any atom is -0.481 e. The Kier molecular flexibility index (Phi) is 3.14. The van der Waals surface area contributed by atoms with Crippen LogP contribution in [0.4, 0.5) is 0 Å². The molecule has 0 aromatic rings. The molecule has 0 aliphatic rings. The minimum atomic E-state index is -0.918. The first-order valence-electron chi connectivity index (χ1n) is 2.32. The average Bonchev–Trinajstić information content (AvgIpc) is 1.65. The monoisotopic (exact) mass is 120 g/mol. The first kappa shape index (κ1) is 7.39. The van der Waals surface area contributed by atoms with Crippen LogP contribution in [0.3, 0.4) is 0 Å². The van der Waals surface area contributed by atoms with E-state index in [0.29, 0.717) is 0 Å². The lowest BCUT2D eigenvalue weighted by Crippen LogP contribution is -2.63. The second-order valence-corrected chi connectivity index (χ2v) is 1.65. The first-order chi connectivity index (χ1) is 3.66. The Hall–Kier alpha value is -0.610. The maximum Gasteiger partial charge on any atom is 0.309 e. The van der Waals surface area contributed by atoms with Gasteiger partial charge >= 0.3 is 5.97 Å². The Morgan fingerprint density at radius 2 is 2.25 bits per heavy atom. The van der Waals surface area contributed by atoms with Crippen molar-refractivity contribution >= 4 is 5.97 Å².